The van der Waals surface area contributed by atoms with Crippen molar-refractivity contribution in [1.82, 2.24) is 4.90 Å². The number of quaternary nitrogens is 1. The molecule has 0 aliphatic carbocycles. The lowest BCUT2D eigenvalue weighted by Crippen LogP contribution is -2.48. The van der Waals surface area contributed by atoms with Crippen LogP contribution in [-0.2, 0) is 16.1 Å². The van der Waals surface area contributed by atoms with Gasteiger partial charge >= 0.3 is 0 Å². The molecule has 0 atom stereocenters. The van der Waals surface area contributed by atoms with Gasteiger partial charge in [0, 0.05) is 30.7 Å². The third-order valence-corrected chi connectivity index (χ3v) is 4.62. The Labute approximate surface area is 132 Å². The zero-order valence-corrected chi connectivity index (χ0v) is 13.5. The van der Waals surface area contributed by atoms with E-state index in [1.807, 2.05) is 6.07 Å². The third kappa shape index (κ3) is 3.83. The van der Waals surface area contributed by atoms with Crippen LogP contribution in [0.2, 0.25) is 0 Å². The van der Waals surface area contributed by atoms with Crippen molar-refractivity contribution in [3.05, 3.63) is 48.0 Å². The van der Waals surface area contributed by atoms with Gasteiger partial charge in [0.2, 0.25) is 0 Å². The maximum absolute atomic E-state index is 11.6. The molecule has 0 radical (unpaired) electrons. The molecule has 22 heavy (non-hydrogen) atoms. The van der Waals surface area contributed by atoms with Crippen LogP contribution in [0.3, 0.4) is 0 Å². The van der Waals surface area contributed by atoms with Crippen LogP contribution in [0.15, 0.2) is 42.5 Å². The van der Waals surface area contributed by atoms with Crippen molar-refractivity contribution < 1.29 is 14.1 Å². The average Bonchev–Trinajstić information content (AvgIpc) is 2.86. The molecular formula is C18H25N2O2+. The molecule has 1 aromatic carbocycles. The topological polar surface area (TPSA) is 37.4 Å². The molecule has 1 aromatic rings. The lowest BCUT2D eigenvalue weighted by molar-refractivity contribution is -0.937. The lowest BCUT2D eigenvalue weighted by atomic mass is 10.1. The summed E-state index contributed by atoms with van der Waals surface area (Å²) in [4.78, 5) is 24.5. The van der Waals surface area contributed by atoms with Crippen molar-refractivity contribution in [1.29, 1.82) is 0 Å². The van der Waals surface area contributed by atoms with E-state index in [0.717, 1.165) is 37.1 Å². The van der Waals surface area contributed by atoms with Crippen LogP contribution < -0.4 is 0 Å². The third-order valence-electron chi connectivity index (χ3n) is 4.62. The second-order valence-corrected chi connectivity index (χ2v) is 5.86. The van der Waals surface area contributed by atoms with Gasteiger partial charge in [0.1, 0.15) is 6.54 Å². The van der Waals surface area contributed by atoms with Gasteiger partial charge in [-0.25, -0.2) is 0 Å². The number of hydrogen-bond donors (Lipinski definition) is 0. The maximum Gasteiger partial charge on any atom is 0.253 e. The Balaban J connectivity index is 1.94. The summed E-state index contributed by atoms with van der Waals surface area (Å²) in [5.74, 6) is -0.363. The fraction of sp³-hybridized carbons (Fsp3) is 0.444. The fourth-order valence-electron chi connectivity index (χ4n) is 3.03. The molecule has 0 bridgehead atoms. The minimum Gasteiger partial charge on any atom is -0.320 e. The molecule has 1 aliphatic rings. The van der Waals surface area contributed by atoms with E-state index in [4.69, 9.17) is 0 Å². The van der Waals surface area contributed by atoms with Crippen molar-refractivity contribution in [3.63, 3.8) is 0 Å². The highest BCUT2D eigenvalue weighted by atomic mass is 16.2. The van der Waals surface area contributed by atoms with E-state index >= 15 is 0 Å². The van der Waals surface area contributed by atoms with Crippen LogP contribution in [-0.4, -0.2) is 47.4 Å². The standard InChI is InChI=1S/C18H25N2O2/c1-3-20(4-2,15-16-9-6-5-7-10-16)14-8-13-19-17(21)11-12-18(19)22/h5-7,9-12H,3-4,8,13-15H2,1-2H3/q+1. The first kappa shape index (κ1) is 16.4. The predicted octanol–water partition coefficient (Wildman–Crippen LogP) is 2.36. The van der Waals surface area contributed by atoms with E-state index in [1.54, 1.807) is 0 Å². The van der Waals surface area contributed by atoms with Gasteiger partial charge in [0.15, 0.2) is 0 Å². The SMILES string of the molecule is CC[N+](CC)(CCCN1C(=O)C=CC1=O)Cc1ccccc1. The summed E-state index contributed by atoms with van der Waals surface area (Å²) >= 11 is 0. The van der Waals surface area contributed by atoms with Crippen molar-refractivity contribution in [2.75, 3.05) is 26.2 Å². The van der Waals surface area contributed by atoms with E-state index in [0.29, 0.717) is 6.54 Å². The highest BCUT2D eigenvalue weighted by Crippen LogP contribution is 2.16. The first-order chi connectivity index (χ1) is 10.6. The number of hydrogen-bond acceptors (Lipinski definition) is 2. The van der Waals surface area contributed by atoms with Crippen LogP contribution in [0.1, 0.15) is 25.8 Å². The summed E-state index contributed by atoms with van der Waals surface area (Å²) in [6.07, 6.45) is 3.55. The molecule has 0 aromatic heterocycles. The molecule has 0 N–H and O–H groups in total. The van der Waals surface area contributed by atoms with E-state index in [1.165, 1.54) is 22.6 Å². The molecular weight excluding hydrogens is 276 g/mol. The van der Waals surface area contributed by atoms with Crippen LogP contribution in [0, 0.1) is 0 Å². The predicted molar refractivity (Wildman–Crippen MR) is 86.8 cm³/mol. The monoisotopic (exact) mass is 301 g/mol. The summed E-state index contributed by atoms with van der Waals surface area (Å²) < 4.78 is 0.980. The molecule has 4 nitrogen and oxygen atoms in total. The Kier molecular flexibility index (Phi) is 5.50. The number of imide groups is 1. The summed E-state index contributed by atoms with van der Waals surface area (Å²) in [5, 5.41) is 0. The van der Waals surface area contributed by atoms with E-state index in [-0.39, 0.29) is 11.8 Å². The van der Waals surface area contributed by atoms with Crippen LogP contribution >= 0.6 is 0 Å². The van der Waals surface area contributed by atoms with Crippen LogP contribution in [0.25, 0.3) is 0 Å². The quantitative estimate of drug-likeness (QED) is 0.546. The van der Waals surface area contributed by atoms with E-state index in [9.17, 15) is 9.59 Å². The number of nitrogens with zero attached hydrogens (tertiary/aromatic N) is 2. The maximum atomic E-state index is 11.6. The number of rotatable bonds is 8. The second kappa shape index (κ2) is 7.36. The zero-order valence-electron chi connectivity index (χ0n) is 13.5. The molecule has 2 rings (SSSR count). The Hall–Kier alpha value is -1.94. The van der Waals surface area contributed by atoms with Gasteiger partial charge in [-0.1, -0.05) is 30.3 Å². The number of benzene rings is 1. The summed E-state index contributed by atoms with van der Waals surface area (Å²) in [6.45, 7) is 8.99. The smallest absolute Gasteiger partial charge is 0.253 e. The van der Waals surface area contributed by atoms with Crippen LogP contribution in [0.5, 0.6) is 0 Å². The molecule has 0 saturated heterocycles. The average molecular weight is 301 g/mol. The van der Waals surface area contributed by atoms with Gasteiger partial charge in [-0.15, -0.1) is 0 Å². The summed E-state index contributed by atoms with van der Waals surface area (Å²) in [7, 11) is 0. The first-order valence-corrected chi connectivity index (χ1v) is 8.03. The minimum atomic E-state index is -0.181. The molecule has 0 spiro atoms. The van der Waals surface area contributed by atoms with Gasteiger partial charge in [-0.3, -0.25) is 14.5 Å². The number of carbonyl (C=O) groups excluding carboxylic acids is 2. The fourth-order valence-corrected chi connectivity index (χ4v) is 3.03. The van der Waals surface area contributed by atoms with Crippen molar-refractivity contribution in [2.45, 2.75) is 26.8 Å². The Morgan fingerprint density at radius 3 is 2.09 bits per heavy atom. The van der Waals surface area contributed by atoms with Crippen LogP contribution in [0.4, 0.5) is 0 Å². The van der Waals surface area contributed by atoms with E-state index < -0.39 is 0 Å². The van der Waals surface area contributed by atoms with Gasteiger partial charge in [0.05, 0.1) is 19.6 Å². The summed E-state index contributed by atoms with van der Waals surface area (Å²) in [6, 6.07) is 10.5. The highest BCUT2D eigenvalue weighted by molar-refractivity contribution is 6.12. The highest BCUT2D eigenvalue weighted by Gasteiger charge is 2.27. The normalized spacial score (nSPS) is 14.9. The number of carbonyl (C=O) groups is 2. The summed E-state index contributed by atoms with van der Waals surface area (Å²) in [5.41, 5.74) is 1.33. The van der Waals surface area contributed by atoms with Gasteiger partial charge in [-0.2, -0.15) is 0 Å². The zero-order chi connectivity index (χ0) is 16.0. The molecule has 0 fully saturated rings. The van der Waals surface area contributed by atoms with Gasteiger partial charge < -0.3 is 4.48 Å². The number of amides is 2. The molecule has 118 valence electrons. The Morgan fingerprint density at radius 1 is 0.955 bits per heavy atom. The van der Waals surface area contributed by atoms with Crippen molar-refractivity contribution in [3.8, 4) is 0 Å². The van der Waals surface area contributed by atoms with Crippen molar-refractivity contribution >= 4 is 11.8 Å². The van der Waals surface area contributed by atoms with E-state index in [2.05, 4.69) is 38.1 Å². The Morgan fingerprint density at radius 2 is 1.55 bits per heavy atom. The lowest BCUT2D eigenvalue weighted by Gasteiger charge is -2.37. The molecule has 2 amide bonds. The van der Waals surface area contributed by atoms with Gasteiger partial charge in [-0.05, 0) is 13.8 Å². The molecule has 4 heteroatoms. The first-order valence-electron chi connectivity index (χ1n) is 8.03. The van der Waals surface area contributed by atoms with Gasteiger partial charge in [0.25, 0.3) is 11.8 Å². The molecule has 0 unspecified atom stereocenters. The molecule has 1 aliphatic heterocycles. The second-order valence-electron chi connectivity index (χ2n) is 5.86. The van der Waals surface area contributed by atoms with Crippen molar-refractivity contribution in [2.24, 2.45) is 0 Å². The largest absolute Gasteiger partial charge is 0.320 e. The minimum absolute atomic E-state index is 0.181. The molecule has 0 saturated carbocycles. The Bertz CT molecular complexity index is 529. The molecule has 1 heterocycles.